The van der Waals surface area contributed by atoms with Gasteiger partial charge in [0.15, 0.2) is 5.96 Å². The Morgan fingerprint density at radius 3 is 2.56 bits per heavy atom. The van der Waals surface area contributed by atoms with Crippen LogP contribution >= 0.6 is 24.0 Å². The van der Waals surface area contributed by atoms with Crippen LogP contribution in [-0.2, 0) is 4.74 Å². The molecule has 1 heterocycles. The fourth-order valence-electron chi connectivity index (χ4n) is 4.18. The van der Waals surface area contributed by atoms with Gasteiger partial charge >= 0.3 is 0 Å². The van der Waals surface area contributed by atoms with E-state index < -0.39 is 0 Å². The molecule has 2 fully saturated rings. The van der Waals surface area contributed by atoms with Crippen LogP contribution in [-0.4, -0.2) is 44.7 Å². The molecule has 2 aliphatic rings. The molecule has 0 radical (unpaired) electrons. The van der Waals surface area contributed by atoms with E-state index in [4.69, 9.17) is 4.74 Å². The number of nitrogens with one attached hydrogen (secondary N) is 1. The van der Waals surface area contributed by atoms with Crippen LogP contribution in [0.2, 0.25) is 0 Å². The number of ether oxygens (including phenoxy) is 1. The van der Waals surface area contributed by atoms with Crippen LogP contribution in [0.15, 0.2) is 29.3 Å². The molecule has 0 bridgehead atoms. The summed E-state index contributed by atoms with van der Waals surface area (Å²) in [6, 6.07) is 6.50. The number of likely N-dealkylation sites (tertiary alicyclic amines) is 1. The summed E-state index contributed by atoms with van der Waals surface area (Å²) in [6.07, 6.45) is 6.62. The molecule has 1 unspecified atom stereocenters. The third kappa shape index (κ3) is 4.84. The fraction of sp³-hybridized carbons (Fsp3) is 0.632. The Kier molecular flexibility index (Phi) is 7.49. The van der Waals surface area contributed by atoms with E-state index in [0.29, 0.717) is 12.0 Å². The van der Waals surface area contributed by atoms with Gasteiger partial charge in [0.25, 0.3) is 0 Å². The van der Waals surface area contributed by atoms with Gasteiger partial charge < -0.3 is 15.0 Å². The minimum absolute atomic E-state index is 0. The van der Waals surface area contributed by atoms with Gasteiger partial charge in [-0.15, -0.1) is 24.0 Å². The number of benzene rings is 1. The second-order valence-electron chi connectivity index (χ2n) is 7.08. The van der Waals surface area contributed by atoms with Crippen molar-refractivity contribution < 1.29 is 9.13 Å². The van der Waals surface area contributed by atoms with Gasteiger partial charge in [-0.2, -0.15) is 0 Å². The summed E-state index contributed by atoms with van der Waals surface area (Å²) in [5.41, 5.74) is 1.49. The van der Waals surface area contributed by atoms with E-state index in [1.165, 1.54) is 44.2 Å². The molecule has 1 saturated heterocycles. The van der Waals surface area contributed by atoms with Crippen LogP contribution in [0, 0.1) is 11.2 Å². The number of methoxy groups -OCH3 is 1. The molecule has 1 saturated carbocycles. The smallest absolute Gasteiger partial charge is 0.193 e. The maximum Gasteiger partial charge on any atom is 0.193 e. The maximum absolute atomic E-state index is 13.1. The van der Waals surface area contributed by atoms with Gasteiger partial charge in [0.05, 0.1) is 6.10 Å². The Hall–Kier alpha value is -0.890. The molecule has 0 aromatic heterocycles. The summed E-state index contributed by atoms with van der Waals surface area (Å²) in [6.45, 7) is 2.81. The number of aliphatic imine (C=N–C) groups is 1. The Bertz CT molecular complexity index is 573. The fourth-order valence-corrected chi connectivity index (χ4v) is 4.18. The summed E-state index contributed by atoms with van der Waals surface area (Å²) >= 11 is 0. The first-order chi connectivity index (χ1) is 11.7. The highest BCUT2D eigenvalue weighted by Crippen LogP contribution is 2.45. The van der Waals surface area contributed by atoms with Gasteiger partial charge in [0, 0.05) is 33.8 Å². The minimum Gasteiger partial charge on any atom is -0.375 e. The van der Waals surface area contributed by atoms with Crippen LogP contribution in [0.25, 0.3) is 0 Å². The molecule has 1 aliphatic carbocycles. The largest absolute Gasteiger partial charge is 0.375 e. The molecule has 1 N–H and O–H groups in total. The lowest BCUT2D eigenvalue weighted by molar-refractivity contribution is 0.106. The standard InChI is InChI=1S/C19H28FN3O.HI/c1-21-18(23-12-11-19(14-23)9-3-4-10-19)22-13-17(24-2)15-5-7-16(20)8-6-15;/h5-8,17H,3-4,9-14H2,1-2H3,(H,21,22);1H. The van der Waals surface area contributed by atoms with Gasteiger partial charge in [-0.3, -0.25) is 4.99 Å². The Morgan fingerprint density at radius 2 is 1.96 bits per heavy atom. The van der Waals surface area contributed by atoms with Crippen molar-refractivity contribution in [2.24, 2.45) is 10.4 Å². The van der Waals surface area contributed by atoms with E-state index >= 15 is 0 Å². The third-order valence-corrected chi connectivity index (χ3v) is 5.59. The van der Waals surface area contributed by atoms with Gasteiger partial charge in [0.1, 0.15) is 5.82 Å². The van der Waals surface area contributed by atoms with Gasteiger partial charge in [-0.05, 0) is 42.4 Å². The lowest BCUT2D eigenvalue weighted by Gasteiger charge is -2.27. The molecule has 140 valence electrons. The second-order valence-corrected chi connectivity index (χ2v) is 7.08. The predicted molar refractivity (Wildman–Crippen MR) is 110 cm³/mol. The molecule has 25 heavy (non-hydrogen) atoms. The van der Waals surface area contributed by atoms with E-state index in [-0.39, 0.29) is 35.9 Å². The number of guanidine groups is 1. The molecule has 6 heteroatoms. The third-order valence-electron chi connectivity index (χ3n) is 5.59. The van der Waals surface area contributed by atoms with Crippen LogP contribution in [0.3, 0.4) is 0 Å². The van der Waals surface area contributed by atoms with Crippen molar-refractivity contribution in [2.75, 3.05) is 33.8 Å². The van der Waals surface area contributed by atoms with Crippen LogP contribution < -0.4 is 5.32 Å². The first-order valence-electron chi connectivity index (χ1n) is 8.90. The van der Waals surface area contributed by atoms with E-state index in [1.807, 2.05) is 7.05 Å². The molecular formula is C19H29FIN3O. The first kappa shape index (κ1) is 20.4. The monoisotopic (exact) mass is 461 g/mol. The average molecular weight is 461 g/mol. The summed E-state index contributed by atoms with van der Waals surface area (Å²) in [4.78, 5) is 6.83. The molecule has 4 nitrogen and oxygen atoms in total. The maximum atomic E-state index is 13.1. The number of nitrogens with zero attached hydrogens (tertiary/aromatic N) is 2. The first-order valence-corrected chi connectivity index (χ1v) is 8.90. The highest BCUT2D eigenvalue weighted by molar-refractivity contribution is 14.0. The number of halogens is 2. The number of rotatable bonds is 4. The summed E-state index contributed by atoms with van der Waals surface area (Å²) in [5, 5.41) is 3.44. The van der Waals surface area contributed by atoms with Gasteiger partial charge in [0.2, 0.25) is 0 Å². The molecule has 0 amide bonds. The van der Waals surface area contributed by atoms with Crippen LogP contribution in [0.5, 0.6) is 0 Å². The Morgan fingerprint density at radius 1 is 1.28 bits per heavy atom. The molecule has 1 atom stereocenters. The molecule has 3 rings (SSSR count). The van der Waals surface area contributed by atoms with E-state index in [9.17, 15) is 4.39 Å². The van der Waals surface area contributed by atoms with Crippen LogP contribution in [0.1, 0.15) is 43.8 Å². The zero-order chi connectivity index (χ0) is 17.0. The van der Waals surface area contributed by atoms with Crippen molar-refractivity contribution in [2.45, 2.75) is 38.2 Å². The zero-order valence-corrected chi connectivity index (χ0v) is 17.5. The van der Waals surface area contributed by atoms with Crippen molar-refractivity contribution in [3.8, 4) is 0 Å². The van der Waals surface area contributed by atoms with E-state index in [2.05, 4.69) is 15.2 Å². The molecule has 1 aromatic rings. The normalized spacial score (nSPS) is 20.6. The van der Waals surface area contributed by atoms with Crippen molar-refractivity contribution >= 4 is 29.9 Å². The SMILES string of the molecule is CN=C(NCC(OC)c1ccc(F)cc1)N1CCC2(CCCC2)C1.I. The zero-order valence-electron chi connectivity index (χ0n) is 15.1. The number of hydrogen-bond acceptors (Lipinski definition) is 2. The van der Waals surface area contributed by atoms with Gasteiger partial charge in [-0.1, -0.05) is 25.0 Å². The lowest BCUT2D eigenvalue weighted by Crippen LogP contribution is -2.42. The molecule has 1 aromatic carbocycles. The minimum atomic E-state index is -0.226. The Labute approximate surface area is 167 Å². The van der Waals surface area contributed by atoms with Crippen molar-refractivity contribution in [1.82, 2.24) is 10.2 Å². The molecular weight excluding hydrogens is 432 g/mol. The predicted octanol–water partition coefficient (Wildman–Crippen LogP) is 3.97. The van der Waals surface area contributed by atoms with E-state index in [1.54, 1.807) is 19.2 Å². The summed E-state index contributed by atoms with van der Waals surface area (Å²) in [5.74, 6) is 0.722. The quantitative estimate of drug-likeness (QED) is 0.419. The lowest BCUT2D eigenvalue weighted by atomic mass is 9.86. The number of hydrogen-bond donors (Lipinski definition) is 1. The topological polar surface area (TPSA) is 36.9 Å². The van der Waals surface area contributed by atoms with Crippen molar-refractivity contribution in [3.05, 3.63) is 35.6 Å². The van der Waals surface area contributed by atoms with Gasteiger partial charge in [-0.25, -0.2) is 4.39 Å². The average Bonchev–Trinajstić information content (AvgIpc) is 3.23. The highest BCUT2D eigenvalue weighted by Gasteiger charge is 2.41. The Balaban J connectivity index is 0.00000225. The summed E-state index contributed by atoms with van der Waals surface area (Å²) < 4.78 is 18.7. The second kappa shape index (κ2) is 9.16. The van der Waals surface area contributed by atoms with E-state index in [0.717, 1.165) is 24.6 Å². The summed E-state index contributed by atoms with van der Waals surface area (Å²) in [7, 11) is 3.52. The van der Waals surface area contributed by atoms with Crippen LogP contribution in [0.4, 0.5) is 4.39 Å². The molecule has 1 spiro atoms. The van der Waals surface area contributed by atoms with Crippen molar-refractivity contribution in [3.63, 3.8) is 0 Å². The molecule has 1 aliphatic heterocycles. The highest BCUT2D eigenvalue weighted by atomic mass is 127. The van der Waals surface area contributed by atoms with Crippen molar-refractivity contribution in [1.29, 1.82) is 0 Å².